The van der Waals surface area contributed by atoms with Gasteiger partial charge in [0.05, 0.1) is 11.0 Å². The van der Waals surface area contributed by atoms with Crippen LogP contribution in [0.3, 0.4) is 0 Å². The second-order valence-electron chi connectivity index (χ2n) is 8.35. The highest BCUT2D eigenvalue weighted by Gasteiger charge is 2.42. The van der Waals surface area contributed by atoms with Crippen molar-refractivity contribution in [3.8, 4) is 0 Å². The van der Waals surface area contributed by atoms with Gasteiger partial charge >= 0.3 is 0 Å². The van der Waals surface area contributed by atoms with Crippen molar-refractivity contribution in [1.29, 1.82) is 0 Å². The van der Waals surface area contributed by atoms with E-state index in [-0.39, 0.29) is 11.2 Å². The highest BCUT2D eigenvalue weighted by atomic mass is 79.9. The van der Waals surface area contributed by atoms with Crippen molar-refractivity contribution in [2.75, 3.05) is 6.54 Å². The second-order valence-corrected chi connectivity index (χ2v) is 9.65. The fraction of sp³-hybridized carbons (Fsp3) is 0.417. The van der Waals surface area contributed by atoms with Gasteiger partial charge in [0, 0.05) is 28.4 Å². The summed E-state index contributed by atoms with van der Waals surface area (Å²) in [5, 5.41) is 0. The lowest BCUT2D eigenvalue weighted by Crippen LogP contribution is -2.33. The van der Waals surface area contributed by atoms with Gasteiger partial charge in [-0.15, -0.1) is 0 Å². The maximum atomic E-state index is 12.5. The molecule has 1 aliphatic heterocycles. The summed E-state index contributed by atoms with van der Waals surface area (Å²) >= 11 is 9.41. The van der Waals surface area contributed by atoms with Crippen LogP contribution in [0.4, 0.5) is 0 Å². The van der Waals surface area contributed by atoms with E-state index in [1.807, 2.05) is 24.3 Å². The summed E-state index contributed by atoms with van der Waals surface area (Å²) in [5.74, 6) is 0.218. The Morgan fingerprint density at radius 1 is 1.25 bits per heavy atom. The summed E-state index contributed by atoms with van der Waals surface area (Å²) in [5.41, 5.74) is 3.75. The maximum absolute atomic E-state index is 12.5. The van der Waals surface area contributed by atoms with E-state index in [9.17, 15) is 4.79 Å². The molecule has 0 N–H and O–H groups in total. The molecule has 28 heavy (non-hydrogen) atoms. The molecule has 0 aromatic heterocycles. The zero-order valence-corrected chi connectivity index (χ0v) is 18.7. The molecule has 2 aromatic rings. The fourth-order valence-electron chi connectivity index (χ4n) is 4.76. The molecule has 2 aliphatic rings. The number of nitrogens with zero attached hydrogens (tertiary/aromatic N) is 1. The number of aryl methyl sites for hydroxylation is 1. The Bertz CT molecular complexity index is 911. The molecule has 0 amide bonds. The van der Waals surface area contributed by atoms with E-state index in [1.54, 1.807) is 0 Å². The van der Waals surface area contributed by atoms with Gasteiger partial charge in [-0.25, -0.2) is 0 Å². The van der Waals surface area contributed by atoms with Crippen LogP contribution in [0.25, 0.3) is 0 Å². The van der Waals surface area contributed by atoms with Crippen molar-refractivity contribution in [2.45, 2.75) is 51.5 Å². The first-order valence-electron chi connectivity index (χ1n) is 10.2. The van der Waals surface area contributed by atoms with E-state index in [2.05, 4.69) is 52.0 Å². The van der Waals surface area contributed by atoms with Crippen LogP contribution in [0, 0.1) is 5.41 Å². The van der Waals surface area contributed by atoms with Crippen molar-refractivity contribution < 1.29 is 4.79 Å². The standard InChI is InChI=1S/C24H26BrNOS/c1-24(13-5-10-22(27)18-7-4-8-19(25)16-18)14-15-26(23(24)28)21-12-11-17-6-2-3-9-20(17)21/h2-4,6-9,16,21H,5,10-15H2,1H3. The normalized spacial score (nSPS) is 23.9. The molecule has 1 fully saturated rings. The summed E-state index contributed by atoms with van der Waals surface area (Å²) in [4.78, 5) is 16.1. The second kappa shape index (κ2) is 8.08. The van der Waals surface area contributed by atoms with E-state index < -0.39 is 0 Å². The molecule has 0 radical (unpaired) electrons. The van der Waals surface area contributed by atoms with Gasteiger partial charge in [0.2, 0.25) is 0 Å². The molecule has 4 heteroatoms. The molecule has 2 aromatic carbocycles. The molecule has 146 valence electrons. The van der Waals surface area contributed by atoms with E-state index in [0.29, 0.717) is 12.5 Å². The molecule has 2 unspecified atom stereocenters. The molecule has 0 spiro atoms. The van der Waals surface area contributed by atoms with Gasteiger partial charge in [-0.3, -0.25) is 4.79 Å². The van der Waals surface area contributed by atoms with Crippen LogP contribution in [0.2, 0.25) is 0 Å². The maximum Gasteiger partial charge on any atom is 0.162 e. The third kappa shape index (κ3) is 3.81. The number of hydrogen-bond donors (Lipinski definition) is 0. The lowest BCUT2D eigenvalue weighted by molar-refractivity contribution is 0.0977. The zero-order valence-electron chi connectivity index (χ0n) is 16.3. The molecule has 4 rings (SSSR count). The third-order valence-electron chi connectivity index (χ3n) is 6.44. The number of fused-ring (bicyclic) bond motifs is 1. The van der Waals surface area contributed by atoms with Crippen LogP contribution in [-0.2, 0) is 6.42 Å². The molecule has 1 aliphatic carbocycles. The van der Waals surface area contributed by atoms with Crippen molar-refractivity contribution in [3.63, 3.8) is 0 Å². The van der Waals surface area contributed by atoms with Crippen LogP contribution < -0.4 is 0 Å². The molecule has 2 atom stereocenters. The summed E-state index contributed by atoms with van der Waals surface area (Å²) in [6.07, 6.45) is 5.86. The number of benzene rings is 2. The molecule has 1 saturated heterocycles. The Hall–Kier alpha value is -1.52. The largest absolute Gasteiger partial charge is 0.359 e. The van der Waals surface area contributed by atoms with Gasteiger partial charge in [0.1, 0.15) is 0 Å². The summed E-state index contributed by atoms with van der Waals surface area (Å²) < 4.78 is 0.953. The van der Waals surface area contributed by atoms with Crippen LogP contribution in [0.1, 0.15) is 66.6 Å². The molecule has 1 heterocycles. The average molecular weight is 456 g/mol. The van der Waals surface area contributed by atoms with E-state index >= 15 is 0 Å². The van der Waals surface area contributed by atoms with Gasteiger partial charge in [-0.1, -0.05) is 71.5 Å². The van der Waals surface area contributed by atoms with Crippen molar-refractivity contribution in [2.24, 2.45) is 5.41 Å². The minimum absolute atomic E-state index is 0.0322. The smallest absolute Gasteiger partial charge is 0.162 e. The summed E-state index contributed by atoms with van der Waals surface area (Å²) in [7, 11) is 0. The Kier molecular flexibility index (Phi) is 5.71. The van der Waals surface area contributed by atoms with Crippen LogP contribution >= 0.6 is 28.1 Å². The average Bonchev–Trinajstić information content (AvgIpc) is 3.23. The third-order valence-corrected chi connectivity index (χ3v) is 7.66. The quantitative estimate of drug-likeness (QED) is 0.364. The summed E-state index contributed by atoms with van der Waals surface area (Å²) in [6.45, 7) is 3.33. The fourth-order valence-corrected chi connectivity index (χ4v) is 5.58. The molecule has 2 nitrogen and oxygen atoms in total. The van der Waals surface area contributed by atoms with Gasteiger partial charge in [-0.2, -0.15) is 0 Å². The number of rotatable bonds is 6. The monoisotopic (exact) mass is 455 g/mol. The minimum Gasteiger partial charge on any atom is -0.359 e. The zero-order chi connectivity index (χ0) is 19.7. The van der Waals surface area contributed by atoms with Crippen LogP contribution in [0.5, 0.6) is 0 Å². The van der Waals surface area contributed by atoms with E-state index in [0.717, 1.165) is 53.7 Å². The topological polar surface area (TPSA) is 20.3 Å². The van der Waals surface area contributed by atoms with Gasteiger partial charge in [-0.05, 0) is 55.4 Å². The first kappa shape index (κ1) is 19.8. The summed E-state index contributed by atoms with van der Waals surface area (Å²) in [6, 6.07) is 16.9. The molecule has 0 bridgehead atoms. The van der Waals surface area contributed by atoms with Crippen molar-refractivity contribution in [1.82, 2.24) is 4.90 Å². The van der Waals surface area contributed by atoms with Crippen LogP contribution in [0.15, 0.2) is 53.0 Å². The van der Waals surface area contributed by atoms with E-state index in [4.69, 9.17) is 12.2 Å². The number of carbonyl (C=O) groups is 1. The number of halogens is 1. The number of likely N-dealkylation sites (tertiary alicyclic amines) is 1. The number of carbonyl (C=O) groups excluding carboxylic acids is 1. The molecule has 0 saturated carbocycles. The first-order chi connectivity index (χ1) is 13.5. The lowest BCUT2D eigenvalue weighted by atomic mass is 9.83. The Labute approximate surface area is 181 Å². The van der Waals surface area contributed by atoms with Gasteiger partial charge in [0.25, 0.3) is 0 Å². The number of thiocarbonyl (C=S) groups is 1. The highest BCUT2D eigenvalue weighted by molar-refractivity contribution is 9.10. The number of ketones is 1. The van der Waals surface area contributed by atoms with Crippen molar-refractivity contribution in [3.05, 3.63) is 69.7 Å². The first-order valence-corrected chi connectivity index (χ1v) is 11.4. The van der Waals surface area contributed by atoms with E-state index in [1.165, 1.54) is 11.1 Å². The Balaban J connectivity index is 1.37. The van der Waals surface area contributed by atoms with Gasteiger partial charge < -0.3 is 4.90 Å². The predicted molar refractivity (Wildman–Crippen MR) is 122 cm³/mol. The Morgan fingerprint density at radius 3 is 2.89 bits per heavy atom. The number of hydrogen-bond acceptors (Lipinski definition) is 2. The highest BCUT2D eigenvalue weighted by Crippen LogP contribution is 2.45. The SMILES string of the molecule is CC1(CCCC(=O)c2cccc(Br)c2)CCN(C2CCc3ccccc32)C1=S. The van der Waals surface area contributed by atoms with Gasteiger partial charge in [0.15, 0.2) is 5.78 Å². The van der Waals surface area contributed by atoms with Crippen molar-refractivity contribution >= 4 is 38.9 Å². The minimum atomic E-state index is 0.0322. The molecular formula is C24H26BrNOS. The Morgan fingerprint density at radius 2 is 2.07 bits per heavy atom. The lowest BCUT2D eigenvalue weighted by Gasteiger charge is -2.31. The number of Topliss-reactive ketones (excluding diaryl/α,β-unsaturated/α-hetero) is 1. The molecular weight excluding hydrogens is 430 g/mol. The van der Waals surface area contributed by atoms with Crippen LogP contribution in [-0.4, -0.2) is 22.2 Å². The predicted octanol–water partition coefficient (Wildman–Crippen LogP) is 6.53.